The molecule has 0 atom stereocenters. The predicted octanol–water partition coefficient (Wildman–Crippen LogP) is 1.75. The Morgan fingerprint density at radius 1 is 1.29 bits per heavy atom. The largest absolute Gasteiger partial charge is 0.483 e. The minimum absolute atomic E-state index is 0.0526. The predicted molar refractivity (Wildman–Crippen MR) is 91.9 cm³/mol. The van der Waals surface area contributed by atoms with Crippen LogP contribution in [0.25, 0.3) is 0 Å². The molecule has 2 aromatic rings. The summed E-state index contributed by atoms with van der Waals surface area (Å²) in [5.74, 6) is 0.596. The summed E-state index contributed by atoms with van der Waals surface area (Å²) < 4.78 is 7.65. The van der Waals surface area contributed by atoms with Gasteiger partial charge in [0, 0.05) is 19.8 Å². The van der Waals surface area contributed by atoms with Crippen molar-refractivity contribution in [3.8, 4) is 5.75 Å². The minimum Gasteiger partial charge on any atom is -0.483 e. The Morgan fingerprint density at radius 2 is 2.00 bits per heavy atom. The number of benzene rings is 1. The zero-order chi connectivity index (χ0) is 17.7. The van der Waals surface area contributed by atoms with E-state index < -0.39 is 0 Å². The Labute approximate surface area is 142 Å². The summed E-state index contributed by atoms with van der Waals surface area (Å²) in [4.78, 5) is 18.1. The fourth-order valence-electron chi connectivity index (χ4n) is 2.52. The van der Waals surface area contributed by atoms with E-state index in [2.05, 4.69) is 4.98 Å². The first kappa shape index (κ1) is 18.0. The second-order valence-electron chi connectivity index (χ2n) is 5.98. The van der Waals surface area contributed by atoms with E-state index in [4.69, 9.17) is 4.74 Å². The van der Waals surface area contributed by atoms with Crippen LogP contribution in [0.2, 0.25) is 0 Å². The highest BCUT2D eigenvalue weighted by Crippen LogP contribution is 2.25. The van der Waals surface area contributed by atoms with Crippen molar-refractivity contribution in [2.24, 2.45) is 7.05 Å². The number of aliphatic hydroxyl groups is 1. The quantitative estimate of drug-likeness (QED) is 0.839. The highest BCUT2D eigenvalue weighted by atomic mass is 16.5. The maximum absolute atomic E-state index is 12.5. The summed E-state index contributed by atoms with van der Waals surface area (Å²) >= 11 is 0. The van der Waals surface area contributed by atoms with Gasteiger partial charge in [-0.15, -0.1) is 0 Å². The lowest BCUT2D eigenvalue weighted by molar-refractivity contribution is -0.134. The molecule has 1 amide bonds. The van der Waals surface area contributed by atoms with Gasteiger partial charge in [0.2, 0.25) is 0 Å². The summed E-state index contributed by atoms with van der Waals surface area (Å²) in [6.07, 6.45) is 3.40. The van der Waals surface area contributed by atoms with E-state index in [9.17, 15) is 9.90 Å². The molecular formula is C18H25N3O3. The average Bonchev–Trinajstić information content (AvgIpc) is 2.95. The maximum atomic E-state index is 12.5. The monoisotopic (exact) mass is 331 g/mol. The van der Waals surface area contributed by atoms with Crippen molar-refractivity contribution in [2.45, 2.75) is 27.3 Å². The van der Waals surface area contributed by atoms with Gasteiger partial charge in [-0.05, 0) is 37.5 Å². The van der Waals surface area contributed by atoms with Crippen molar-refractivity contribution in [1.29, 1.82) is 0 Å². The molecular weight excluding hydrogens is 306 g/mol. The van der Waals surface area contributed by atoms with Crippen LogP contribution in [0.1, 0.15) is 22.4 Å². The van der Waals surface area contributed by atoms with Crippen LogP contribution >= 0.6 is 0 Å². The molecule has 0 aliphatic carbocycles. The molecule has 0 bridgehead atoms. The highest BCUT2D eigenvalue weighted by Gasteiger charge is 2.17. The van der Waals surface area contributed by atoms with Gasteiger partial charge in [-0.3, -0.25) is 4.79 Å². The first-order valence-corrected chi connectivity index (χ1v) is 7.97. The van der Waals surface area contributed by atoms with Crippen LogP contribution in [0.4, 0.5) is 0 Å². The summed E-state index contributed by atoms with van der Waals surface area (Å²) in [5.41, 5.74) is 4.08. The molecule has 2 rings (SSSR count). The normalized spacial score (nSPS) is 10.7. The molecule has 6 heteroatoms. The average molecular weight is 331 g/mol. The number of hydrogen-bond donors (Lipinski definition) is 1. The number of nitrogens with zero attached hydrogens (tertiary/aromatic N) is 3. The van der Waals surface area contributed by atoms with Gasteiger partial charge in [-0.2, -0.15) is 0 Å². The Morgan fingerprint density at radius 3 is 2.62 bits per heavy atom. The SMILES string of the molecule is Cc1ccc(C)c(OCC(=O)N(CCO)Cc2cncn2C)c1C. The zero-order valence-corrected chi connectivity index (χ0v) is 14.7. The lowest BCUT2D eigenvalue weighted by Gasteiger charge is -2.22. The molecule has 0 saturated heterocycles. The molecule has 0 fully saturated rings. The van der Waals surface area contributed by atoms with Crippen molar-refractivity contribution >= 4 is 5.91 Å². The van der Waals surface area contributed by atoms with Crippen LogP contribution in [0.3, 0.4) is 0 Å². The Bertz CT molecular complexity index is 710. The number of carbonyl (C=O) groups is 1. The standard InChI is InChI=1S/C18H25N3O3/c1-13-5-6-14(2)18(15(13)3)24-11-17(23)21(7-8-22)10-16-9-19-12-20(16)4/h5-6,9,12,22H,7-8,10-11H2,1-4H3. The van der Waals surface area contributed by atoms with E-state index in [1.165, 1.54) is 0 Å². The van der Waals surface area contributed by atoms with Crippen molar-refractivity contribution in [1.82, 2.24) is 14.5 Å². The summed E-state index contributed by atoms with van der Waals surface area (Å²) in [5, 5.41) is 9.24. The molecule has 6 nitrogen and oxygen atoms in total. The molecule has 0 aliphatic heterocycles. The van der Waals surface area contributed by atoms with Gasteiger partial charge in [-0.25, -0.2) is 4.98 Å². The van der Waals surface area contributed by atoms with E-state index in [1.54, 1.807) is 17.4 Å². The van der Waals surface area contributed by atoms with Crippen molar-refractivity contribution in [3.05, 3.63) is 47.0 Å². The molecule has 1 N–H and O–H groups in total. The number of aromatic nitrogens is 2. The van der Waals surface area contributed by atoms with Crippen LogP contribution in [0.15, 0.2) is 24.7 Å². The van der Waals surface area contributed by atoms with Gasteiger partial charge in [0.1, 0.15) is 5.75 Å². The van der Waals surface area contributed by atoms with Crippen LogP contribution in [0.5, 0.6) is 5.75 Å². The number of hydrogen-bond acceptors (Lipinski definition) is 4. The van der Waals surface area contributed by atoms with Crippen molar-refractivity contribution in [2.75, 3.05) is 19.8 Å². The van der Waals surface area contributed by atoms with Gasteiger partial charge in [0.15, 0.2) is 6.61 Å². The fourth-order valence-corrected chi connectivity index (χ4v) is 2.52. The number of carbonyl (C=O) groups excluding carboxylic acids is 1. The van der Waals surface area contributed by atoms with E-state index >= 15 is 0 Å². The molecule has 0 spiro atoms. The molecule has 1 aromatic carbocycles. The second kappa shape index (κ2) is 7.97. The molecule has 0 aliphatic rings. The lowest BCUT2D eigenvalue weighted by Crippen LogP contribution is -2.37. The molecule has 0 saturated carbocycles. The zero-order valence-electron chi connectivity index (χ0n) is 14.7. The summed E-state index contributed by atoms with van der Waals surface area (Å²) in [6.45, 7) is 6.49. The number of amides is 1. The van der Waals surface area contributed by atoms with Gasteiger partial charge in [-0.1, -0.05) is 12.1 Å². The molecule has 0 radical (unpaired) electrons. The third kappa shape index (κ3) is 4.14. The minimum atomic E-state index is -0.162. The fraction of sp³-hybridized carbons (Fsp3) is 0.444. The maximum Gasteiger partial charge on any atom is 0.260 e. The van der Waals surface area contributed by atoms with Gasteiger partial charge < -0.3 is 19.3 Å². The summed E-state index contributed by atoms with van der Waals surface area (Å²) in [7, 11) is 1.87. The Balaban J connectivity index is 2.06. The highest BCUT2D eigenvalue weighted by molar-refractivity contribution is 5.77. The first-order valence-electron chi connectivity index (χ1n) is 7.97. The smallest absolute Gasteiger partial charge is 0.260 e. The third-order valence-electron chi connectivity index (χ3n) is 4.21. The van der Waals surface area contributed by atoms with E-state index in [0.717, 1.165) is 28.1 Å². The number of imidazole rings is 1. The van der Waals surface area contributed by atoms with Crippen molar-refractivity contribution < 1.29 is 14.6 Å². The van der Waals surface area contributed by atoms with Gasteiger partial charge in [0.05, 0.1) is 25.2 Å². The van der Waals surface area contributed by atoms with Crippen molar-refractivity contribution in [3.63, 3.8) is 0 Å². The molecule has 0 unspecified atom stereocenters. The van der Waals surface area contributed by atoms with E-state index in [1.807, 2.05) is 44.5 Å². The topological polar surface area (TPSA) is 67.6 Å². The van der Waals surface area contributed by atoms with Crippen LogP contribution < -0.4 is 4.74 Å². The van der Waals surface area contributed by atoms with Gasteiger partial charge >= 0.3 is 0 Å². The first-order chi connectivity index (χ1) is 11.4. The number of rotatable bonds is 7. The Kier molecular flexibility index (Phi) is 5.98. The molecule has 1 heterocycles. The van der Waals surface area contributed by atoms with E-state index in [0.29, 0.717) is 6.54 Å². The number of aliphatic hydroxyl groups excluding tert-OH is 1. The molecule has 24 heavy (non-hydrogen) atoms. The van der Waals surface area contributed by atoms with Crippen LogP contribution in [0, 0.1) is 20.8 Å². The summed E-state index contributed by atoms with van der Waals surface area (Å²) in [6, 6.07) is 4.03. The van der Waals surface area contributed by atoms with Crippen LogP contribution in [-0.4, -0.2) is 45.2 Å². The second-order valence-corrected chi connectivity index (χ2v) is 5.98. The van der Waals surface area contributed by atoms with Crippen LogP contribution in [-0.2, 0) is 18.4 Å². The van der Waals surface area contributed by atoms with E-state index in [-0.39, 0.29) is 25.7 Å². The lowest BCUT2D eigenvalue weighted by atomic mass is 10.1. The van der Waals surface area contributed by atoms with Gasteiger partial charge in [0.25, 0.3) is 5.91 Å². The Hall–Kier alpha value is -2.34. The molecule has 1 aromatic heterocycles. The third-order valence-corrected chi connectivity index (χ3v) is 4.21. The number of aryl methyl sites for hydroxylation is 3. The number of ether oxygens (including phenoxy) is 1. The molecule has 130 valence electrons.